The number of nitro groups is 1. The van der Waals surface area contributed by atoms with Gasteiger partial charge in [0.25, 0.3) is 5.69 Å². The highest BCUT2D eigenvalue weighted by Crippen LogP contribution is 2.49. The van der Waals surface area contributed by atoms with Gasteiger partial charge in [0.2, 0.25) is 5.91 Å². The fraction of sp³-hybridized carbons (Fsp3) is 0.238. The minimum absolute atomic E-state index is 0.0209. The van der Waals surface area contributed by atoms with E-state index in [-0.39, 0.29) is 24.2 Å². The van der Waals surface area contributed by atoms with E-state index in [1.54, 1.807) is 36.4 Å². The summed E-state index contributed by atoms with van der Waals surface area (Å²) in [4.78, 5) is 22.7. The number of benzene rings is 2. The number of anilines is 1. The summed E-state index contributed by atoms with van der Waals surface area (Å²) in [5.74, 6) is 0.269. The molecule has 0 radical (unpaired) electrons. The van der Waals surface area contributed by atoms with Crippen LogP contribution in [0.2, 0.25) is 0 Å². The number of nitrogens with one attached hydrogen (secondary N) is 1. The highest BCUT2D eigenvalue weighted by Gasteiger charge is 2.21. The van der Waals surface area contributed by atoms with Crippen LogP contribution in [0.15, 0.2) is 59.3 Å². The van der Waals surface area contributed by atoms with Gasteiger partial charge in [-0.05, 0) is 36.2 Å². The summed E-state index contributed by atoms with van der Waals surface area (Å²) in [6.07, 6.45) is 2.23. The third-order valence-corrected chi connectivity index (χ3v) is 6.64. The van der Waals surface area contributed by atoms with Gasteiger partial charge in [-0.2, -0.15) is 0 Å². The van der Waals surface area contributed by atoms with Crippen LogP contribution in [0, 0.1) is 10.1 Å². The molecule has 3 aromatic rings. The molecular weight excluding hydrogens is 437 g/mol. The first kappa shape index (κ1) is 23.3. The summed E-state index contributed by atoms with van der Waals surface area (Å²) < 4.78 is 27.3. The van der Waals surface area contributed by atoms with Gasteiger partial charge in [-0.3, -0.25) is 19.5 Å². The molecule has 3 rings (SSSR count). The fourth-order valence-electron chi connectivity index (χ4n) is 3.00. The molecule has 0 spiro atoms. The maximum absolute atomic E-state index is 12.4. The number of aryl methyl sites for hydroxylation is 1. The predicted octanol–water partition coefficient (Wildman–Crippen LogP) is 4.81. The fourth-order valence-corrected chi connectivity index (χ4v) is 4.07. The molecule has 1 heterocycles. The molecule has 0 atom stereocenters. The number of rotatable bonds is 10. The Hall–Kier alpha value is -3.33. The van der Waals surface area contributed by atoms with E-state index in [0.29, 0.717) is 23.4 Å². The van der Waals surface area contributed by atoms with Crippen molar-refractivity contribution in [2.45, 2.75) is 19.0 Å². The Morgan fingerprint density at radius 1 is 1.12 bits per heavy atom. The Bertz CT molecular complexity index is 1120. The molecule has 0 saturated carbocycles. The molecule has 32 heavy (non-hydrogen) atoms. The molecule has 1 aromatic heterocycles. The van der Waals surface area contributed by atoms with Crippen molar-refractivity contribution in [1.82, 2.24) is 5.16 Å². The SMILES string of the molecule is COP(=O)(Cc1ccc(NC(=O)CCc2cnoc2-c2ccc([N+](=O)[O-])cc2)cc1)OC. The van der Waals surface area contributed by atoms with Gasteiger partial charge in [0.15, 0.2) is 5.76 Å². The van der Waals surface area contributed by atoms with Crippen LogP contribution >= 0.6 is 7.60 Å². The first-order chi connectivity index (χ1) is 15.3. The van der Waals surface area contributed by atoms with Crippen LogP contribution < -0.4 is 5.32 Å². The number of aromatic nitrogens is 1. The van der Waals surface area contributed by atoms with E-state index < -0.39 is 12.5 Å². The third kappa shape index (κ3) is 5.88. The lowest BCUT2D eigenvalue weighted by molar-refractivity contribution is -0.384. The number of nitro benzene ring substituents is 1. The van der Waals surface area contributed by atoms with Crippen molar-refractivity contribution in [3.05, 3.63) is 76.0 Å². The van der Waals surface area contributed by atoms with Crippen molar-refractivity contribution in [3.8, 4) is 11.3 Å². The molecule has 2 aromatic carbocycles. The molecule has 168 valence electrons. The van der Waals surface area contributed by atoms with Crippen LogP contribution in [-0.4, -0.2) is 30.2 Å². The van der Waals surface area contributed by atoms with Crippen molar-refractivity contribution in [2.24, 2.45) is 0 Å². The van der Waals surface area contributed by atoms with Crippen LogP contribution in [-0.2, 0) is 31.0 Å². The molecule has 10 nitrogen and oxygen atoms in total. The molecule has 0 aliphatic rings. The van der Waals surface area contributed by atoms with E-state index in [2.05, 4.69) is 10.5 Å². The number of hydrogen-bond acceptors (Lipinski definition) is 8. The quantitative estimate of drug-likeness (QED) is 0.259. The van der Waals surface area contributed by atoms with Crippen LogP contribution in [0.3, 0.4) is 0 Å². The van der Waals surface area contributed by atoms with Gasteiger partial charge >= 0.3 is 7.60 Å². The van der Waals surface area contributed by atoms with E-state index in [1.807, 2.05) is 0 Å². The average Bonchev–Trinajstić information content (AvgIpc) is 3.27. The van der Waals surface area contributed by atoms with Gasteiger partial charge in [0.1, 0.15) is 0 Å². The van der Waals surface area contributed by atoms with E-state index in [9.17, 15) is 19.5 Å². The Morgan fingerprint density at radius 3 is 2.38 bits per heavy atom. The summed E-state index contributed by atoms with van der Waals surface area (Å²) >= 11 is 0. The van der Waals surface area contributed by atoms with Crippen LogP contribution in [0.25, 0.3) is 11.3 Å². The number of nitrogens with zero attached hydrogens (tertiary/aromatic N) is 2. The summed E-state index contributed by atoms with van der Waals surface area (Å²) in [5, 5.41) is 17.4. The summed E-state index contributed by atoms with van der Waals surface area (Å²) in [6.45, 7) is 0. The van der Waals surface area contributed by atoms with E-state index in [1.165, 1.54) is 32.5 Å². The van der Waals surface area contributed by atoms with Crippen molar-refractivity contribution in [2.75, 3.05) is 19.5 Å². The topological polar surface area (TPSA) is 134 Å². The maximum Gasteiger partial charge on any atom is 0.334 e. The maximum atomic E-state index is 12.4. The number of carbonyl (C=O) groups is 1. The number of carbonyl (C=O) groups excluding carboxylic acids is 1. The van der Waals surface area contributed by atoms with E-state index in [4.69, 9.17) is 13.6 Å². The van der Waals surface area contributed by atoms with Crippen molar-refractivity contribution in [3.63, 3.8) is 0 Å². The molecule has 0 unspecified atom stereocenters. The highest BCUT2D eigenvalue weighted by molar-refractivity contribution is 7.52. The van der Waals surface area contributed by atoms with Crippen molar-refractivity contribution in [1.29, 1.82) is 0 Å². The minimum atomic E-state index is -3.16. The normalized spacial score (nSPS) is 11.3. The highest BCUT2D eigenvalue weighted by atomic mass is 31.2. The van der Waals surface area contributed by atoms with Crippen molar-refractivity contribution < 1.29 is 27.9 Å². The Balaban J connectivity index is 1.57. The van der Waals surface area contributed by atoms with E-state index >= 15 is 0 Å². The largest absolute Gasteiger partial charge is 0.356 e. The summed E-state index contributed by atoms with van der Waals surface area (Å²) in [6, 6.07) is 12.8. The average molecular weight is 459 g/mol. The van der Waals surface area contributed by atoms with Crippen LogP contribution in [0.5, 0.6) is 0 Å². The second-order valence-corrected chi connectivity index (χ2v) is 9.13. The molecule has 0 bridgehead atoms. The number of hydrogen-bond donors (Lipinski definition) is 1. The molecular formula is C21H22N3O7P. The smallest absolute Gasteiger partial charge is 0.334 e. The lowest BCUT2D eigenvalue weighted by Gasteiger charge is -2.13. The zero-order chi connectivity index (χ0) is 23.1. The van der Waals surface area contributed by atoms with Gasteiger partial charge in [0, 0.05) is 49.6 Å². The Morgan fingerprint density at radius 2 is 1.78 bits per heavy atom. The Kier molecular flexibility index (Phi) is 7.53. The van der Waals surface area contributed by atoms with E-state index in [0.717, 1.165) is 11.1 Å². The second kappa shape index (κ2) is 10.3. The van der Waals surface area contributed by atoms with Gasteiger partial charge in [-0.1, -0.05) is 17.3 Å². The number of amides is 1. The minimum Gasteiger partial charge on any atom is -0.356 e. The molecule has 0 fully saturated rings. The molecule has 1 amide bonds. The first-order valence-electron chi connectivity index (χ1n) is 9.61. The van der Waals surface area contributed by atoms with Crippen LogP contribution in [0.4, 0.5) is 11.4 Å². The lowest BCUT2D eigenvalue weighted by atomic mass is 10.0. The molecule has 11 heteroatoms. The summed E-state index contributed by atoms with van der Waals surface area (Å²) in [5.41, 5.74) is 2.70. The second-order valence-electron chi connectivity index (χ2n) is 6.86. The monoisotopic (exact) mass is 459 g/mol. The van der Waals surface area contributed by atoms with Gasteiger partial charge in [-0.25, -0.2) is 0 Å². The first-order valence-corrected chi connectivity index (χ1v) is 11.3. The zero-order valence-corrected chi connectivity index (χ0v) is 18.4. The van der Waals surface area contributed by atoms with Gasteiger partial charge < -0.3 is 18.9 Å². The summed E-state index contributed by atoms with van der Waals surface area (Å²) in [7, 11) is -0.488. The third-order valence-electron chi connectivity index (χ3n) is 4.78. The zero-order valence-electron chi connectivity index (χ0n) is 17.5. The number of non-ortho nitro benzene ring substituents is 1. The van der Waals surface area contributed by atoms with Crippen molar-refractivity contribution >= 4 is 24.9 Å². The van der Waals surface area contributed by atoms with Gasteiger partial charge in [-0.15, -0.1) is 0 Å². The lowest BCUT2D eigenvalue weighted by Crippen LogP contribution is -2.12. The standard InChI is InChI=1S/C21H22N3O7P/c1-29-32(28,30-2)14-15-3-8-18(9-4-15)23-20(25)12-7-17-13-22-31-21(17)16-5-10-19(11-6-16)24(26)27/h3-6,8-11,13H,7,12,14H2,1-2H3,(H,23,25). The molecule has 1 N–H and O–H groups in total. The molecule has 0 saturated heterocycles. The van der Waals surface area contributed by atoms with Gasteiger partial charge in [0.05, 0.1) is 17.3 Å². The molecule has 0 aliphatic carbocycles. The predicted molar refractivity (Wildman–Crippen MR) is 117 cm³/mol. The molecule has 0 aliphatic heterocycles. The Labute approximate surface area is 184 Å². The van der Waals surface area contributed by atoms with Crippen LogP contribution in [0.1, 0.15) is 17.5 Å².